The van der Waals surface area contributed by atoms with Crippen molar-refractivity contribution in [3.63, 3.8) is 0 Å². The Labute approximate surface area is 125 Å². The van der Waals surface area contributed by atoms with Crippen LogP contribution in [0.5, 0.6) is 0 Å². The predicted octanol–water partition coefficient (Wildman–Crippen LogP) is 1.87. The third-order valence-electron chi connectivity index (χ3n) is 2.90. The molecule has 0 aliphatic carbocycles. The van der Waals surface area contributed by atoms with Crippen LogP contribution in [0.3, 0.4) is 0 Å². The number of hydrogen-bond donors (Lipinski definition) is 2. The second-order valence-corrected chi connectivity index (χ2v) is 7.37. The SMILES string of the molecule is CCNCc1scc(C)c1S(=O)(=O)NC(C)CCOC. The van der Waals surface area contributed by atoms with Gasteiger partial charge in [-0.3, -0.25) is 0 Å². The zero-order valence-electron chi connectivity index (χ0n) is 12.5. The van der Waals surface area contributed by atoms with Gasteiger partial charge in [0.15, 0.2) is 0 Å². The second-order valence-electron chi connectivity index (χ2n) is 4.76. The van der Waals surface area contributed by atoms with Gasteiger partial charge in [-0.2, -0.15) is 0 Å². The maximum atomic E-state index is 12.5. The molecule has 116 valence electrons. The van der Waals surface area contributed by atoms with E-state index in [4.69, 9.17) is 4.74 Å². The van der Waals surface area contributed by atoms with Gasteiger partial charge in [0.25, 0.3) is 0 Å². The van der Waals surface area contributed by atoms with Crippen LogP contribution in [0.4, 0.5) is 0 Å². The topological polar surface area (TPSA) is 67.4 Å². The molecule has 2 N–H and O–H groups in total. The number of hydrogen-bond acceptors (Lipinski definition) is 5. The summed E-state index contributed by atoms with van der Waals surface area (Å²) in [5, 5.41) is 5.07. The van der Waals surface area contributed by atoms with Crippen LogP contribution in [0, 0.1) is 6.92 Å². The van der Waals surface area contributed by atoms with E-state index in [-0.39, 0.29) is 6.04 Å². The van der Waals surface area contributed by atoms with Crippen LogP contribution in [0.15, 0.2) is 10.3 Å². The van der Waals surface area contributed by atoms with Crippen molar-refractivity contribution in [1.29, 1.82) is 0 Å². The summed E-state index contributed by atoms with van der Waals surface area (Å²) in [5.74, 6) is 0. The lowest BCUT2D eigenvalue weighted by molar-refractivity contribution is 0.188. The number of rotatable bonds is 9. The normalized spacial score (nSPS) is 13.6. The van der Waals surface area contributed by atoms with Crippen molar-refractivity contribution in [2.45, 2.75) is 44.7 Å². The molecule has 1 heterocycles. The highest BCUT2D eigenvalue weighted by molar-refractivity contribution is 7.89. The van der Waals surface area contributed by atoms with Crippen LogP contribution >= 0.6 is 11.3 Å². The summed E-state index contributed by atoms with van der Waals surface area (Å²) in [4.78, 5) is 1.28. The molecule has 0 aliphatic rings. The third kappa shape index (κ3) is 4.82. The van der Waals surface area contributed by atoms with Gasteiger partial charge in [-0.05, 0) is 37.8 Å². The zero-order valence-corrected chi connectivity index (χ0v) is 14.2. The molecule has 1 atom stereocenters. The molecule has 1 aromatic heterocycles. The Morgan fingerprint density at radius 3 is 2.75 bits per heavy atom. The lowest BCUT2D eigenvalue weighted by atomic mass is 10.3. The van der Waals surface area contributed by atoms with Gasteiger partial charge in [0.2, 0.25) is 10.0 Å². The van der Waals surface area contributed by atoms with Crippen molar-refractivity contribution in [2.24, 2.45) is 0 Å². The first-order valence-electron chi connectivity index (χ1n) is 6.71. The molecule has 0 aromatic carbocycles. The number of nitrogens with one attached hydrogen (secondary N) is 2. The van der Waals surface area contributed by atoms with Crippen LogP contribution < -0.4 is 10.0 Å². The summed E-state index contributed by atoms with van der Waals surface area (Å²) >= 11 is 1.48. The highest BCUT2D eigenvalue weighted by atomic mass is 32.2. The van der Waals surface area contributed by atoms with E-state index in [1.807, 2.05) is 26.2 Å². The quantitative estimate of drug-likeness (QED) is 0.729. The molecule has 0 aliphatic heterocycles. The monoisotopic (exact) mass is 320 g/mol. The Kier molecular flexibility index (Phi) is 7.11. The van der Waals surface area contributed by atoms with Crippen molar-refractivity contribution in [3.05, 3.63) is 15.8 Å². The number of ether oxygens (including phenoxy) is 1. The molecule has 1 rings (SSSR count). The zero-order chi connectivity index (χ0) is 15.2. The summed E-state index contributed by atoms with van der Waals surface area (Å²) < 4.78 is 32.7. The van der Waals surface area contributed by atoms with Crippen LogP contribution in [0.1, 0.15) is 30.7 Å². The van der Waals surface area contributed by atoms with Gasteiger partial charge in [-0.1, -0.05) is 6.92 Å². The minimum Gasteiger partial charge on any atom is -0.385 e. The molecule has 0 bridgehead atoms. The van der Waals surface area contributed by atoms with Gasteiger partial charge in [-0.25, -0.2) is 13.1 Å². The third-order valence-corrected chi connectivity index (χ3v) is 5.96. The summed E-state index contributed by atoms with van der Waals surface area (Å²) in [7, 11) is -1.86. The summed E-state index contributed by atoms with van der Waals surface area (Å²) in [6.07, 6.45) is 0.654. The average Bonchev–Trinajstić information content (AvgIpc) is 2.75. The fourth-order valence-corrected chi connectivity index (χ4v) is 4.94. The minimum atomic E-state index is -3.47. The van der Waals surface area contributed by atoms with Gasteiger partial charge >= 0.3 is 0 Å². The number of aryl methyl sites for hydroxylation is 1. The summed E-state index contributed by atoms with van der Waals surface area (Å²) in [6, 6.07) is -0.147. The van der Waals surface area contributed by atoms with Gasteiger partial charge in [0, 0.05) is 31.2 Å². The maximum Gasteiger partial charge on any atom is 0.242 e. The standard InChI is InChI=1S/C13H24N2O3S2/c1-5-14-8-12-13(10(2)9-19-12)20(16,17)15-11(3)6-7-18-4/h9,11,14-15H,5-8H2,1-4H3. The molecule has 1 unspecified atom stereocenters. The highest BCUT2D eigenvalue weighted by Crippen LogP contribution is 2.27. The van der Waals surface area contributed by atoms with Crippen LogP contribution in [0.2, 0.25) is 0 Å². The van der Waals surface area contributed by atoms with E-state index in [9.17, 15) is 8.42 Å². The molecular formula is C13H24N2O3S2. The van der Waals surface area contributed by atoms with Crippen LogP contribution in [-0.4, -0.2) is 34.7 Å². The first kappa shape index (κ1) is 17.6. The Morgan fingerprint density at radius 2 is 2.15 bits per heavy atom. The molecule has 5 nitrogen and oxygen atoms in total. The lowest BCUT2D eigenvalue weighted by Crippen LogP contribution is -2.34. The van der Waals surface area contributed by atoms with Gasteiger partial charge in [0.05, 0.1) is 0 Å². The molecule has 0 spiro atoms. The van der Waals surface area contributed by atoms with Crippen LogP contribution in [0.25, 0.3) is 0 Å². The van der Waals surface area contributed by atoms with Crippen molar-refractivity contribution in [1.82, 2.24) is 10.0 Å². The Bertz CT molecular complexity index is 512. The minimum absolute atomic E-state index is 0.147. The molecule has 7 heteroatoms. The highest BCUT2D eigenvalue weighted by Gasteiger charge is 2.24. The summed E-state index contributed by atoms with van der Waals surface area (Å²) in [6.45, 7) is 7.62. The number of methoxy groups -OCH3 is 1. The Hall–Kier alpha value is -0.470. The first-order valence-corrected chi connectivity index (χ1v) is 9.07. The second kappa shape index (κ2) is 8.09. The summed E-state index contributed by atoms with van der Waals surface area (Å²) in [5.41, 5.74) is 0.800. The molecule has 0 saturated heterocycles. The van der Waals surface area contributed by atoms with Crippen LogP contribution in [-0.2, 0) is 21.3 Å². The molecule has 20 heavy (non-hydrogen) atoms. The molecule has 1 aromatic rings. The fourth-order valence-electron chi connectivity index (χ4n) is 1.89. The molecule has 0 fully saturated rings. The lowest BCUT2D eigenvalue weighted by Gasteiger charge is -2.15. The molecule has 0 saturated carbocycles. The Balaban J connectivity index is 2.88. The largest absolute Gasteiger partial charge is 0.385 e. The van der Waals surface area contributed by atoms with Gasteiger partial charge in [0.1, 0.15) is 4.90 Å². The fraction of sp³-hybridized carbons (Fsp3) is 0.692. The predicted molar refractivity (Wildman–Crippen MR) is 82.7 cm³/mol. The van der Waals surface area contributed by atoms with Crippen molar-refractivity contribution in [2.75, 3.05) is 20.3 Å². The van der Waals surface area contributed by atoms with E-state index < -0.39 is 10.0 Å². The number of thiophene rings is 1. The smallest absolute Gasteiger partial charge is 0.242 e. The van der Waals surface area contributed by atoms with Crippen molar-refractivity contribution in [3.8, 4) is 0 Å². The molecule has 0 radical (unpaired) electrons. The first-order chi connectivity index (χ1) is 9.42. The van der Waals surface area contributed by atoms with Crippen molar-refractivity contribution < 1.29 is 13.2 Å². The average molecular weight is 320 g/mol. The van der Waals surface area contributed by atoms with E-state index in [0.29, 0.717) is 24.5 Å². The van der Waals surface area contributed by atoms with Gasteiger partial charge in [-0.15, -0.1) is 11.3 Å². The molecular weight excluding hydrogens is 296 g/mol. The van der Waals surface area contributed by atoms with E-state index >= 15 is 0 Å². The van der Waals surface area contributed by atoms with E-state index in [0.717, 1.165) is 17.0 Å². The maximum absolute atomic E-state index is 12.5. The van der Waals surface area contributed by atoms with Gasteiger partial charge < -0.3 is 10.1 Å². The molecule has 0 amide bonds. The van der Waals surface area contributed by atoms with E-state index in [2.05, 4.69) is 10.0 Å². The Morgan fingerprint density at radius 1 is 1.45 bits per heavy atom. The van der Waals surface area contributed by atoms with E-state index in [1.54, 1.807) is 7.11 Å². The van der Waals surface area contributed by atoms with E-state index in [1.165, 1.54) is 11.3 Å². The number of sulfonamides is 1. The van der Waals surface area contributed by atoms with Crippen molar-refractivity contribution >= 4 is 21.4 Å².